The van der Waals surface area contributed by atoms with Crippen LogP contribution >= 0.6 is 0 Å². The Balaban J connectivity index is 1.44. The zero-order valence-corrected chi connectivity index (χ0v) is 17.3. The fraction of sp³-hybridized carbons (Fsp3) is 0.240. The standard InChI is InChI=1S/C25H23F3N2O2/c26-25(27,28)22-14-8-7-13-21(22)23(19-11-5-2-6-12-19)32-20-16-30(17-20)24(31)29-15-18-9-3-1-4-10-18/h1-14,20,23H,15-17H2,(H,29,31). The smallest absolute Gasteiger partial charge is 0.362 e. The molecule has 0 aliphatic carbocycles. The summed E-state index contributed by atoms with van der Waals surface area (Å²) >= 11 is 0. The lowest BCUT2D eigenvalue weighted by Crippen LogP contribution is -2.57. The van der Waals surface area contributed by atoms with Crippen LogP contribution in [0.3, 0.4) is 0 Å². The monoisotopic (exact) mass is 440 g/mol. The molecule has 7 heteroatoms. The Morgan fingerprint density at radius 3 is 2.19 bits per heavy atom. The van der Waals surface area contributed by atoms with Gasteiger partial charge in [-0.05, 0) is 22.8 Å². The highest BCUT2D eigenvalue weighted by molar-refractivity contribution is 5.75. The molecule has 1 aliphatic heterocycles. The third-order valence-electron chi connectivity index (χ3n) is 5.40. The van der Waals surface area contributed by atoms with Crippen molar-refractivity contribution in [2.75, 3.05) is 13.1 Å². The second-order valence-corrected chi connectivity index (χ2v) is 7.68. The van der Waals surface area contributed by atoms with E-state index in [4.69, 9.17) is 4.74 Å². The Labute approximate surface area is 184 Å². The first-order chi connectivity index (χ1) is 15.4. The number of rotatable bonds is 6. The fourth-order valence-electron chi connectivity index (χ4n) is 3.71. The molecule has 0 bridgehead atoms. The molecule has 0 aromatic heterocycles. The van der Waals surface area contributed by atoms with Gasteiger partial charge in [0.05, 0.1) is 24.8 Å². The number of likely N-dealkylation sites (tertiary alicyclic amines) is 1. The molecule has 0 spiro atoms. The first kappa shape index (κ1) is 21.9. The zero-order chi connectivity index (χ0) is 22.6. The first-order valence-electron chi connectivity index (χ1n) is 10.3. The second-order valence-electron chi connectivity index (χ2n) is 7.68. The number of urea groups is 1. The minimum atomic E-state index is -4.49. The number of carbonyl (C=O) groups excluding carboxylic acids is 1. The average Bonchev–Trinajstić information content (AvgIpc) is 2.77. The molecule has 1 unspecified atom stereocenters. The maximum atomic E-state index is 13.6. The highest BCUT2D eigenvalue weighted by atomic mass is 19.4. The molecular weight excluding hydrogens is 417 g/mol. The van der Waals surface area contributed by atoms with Crippen LogP contribution in [-0.2, 0) is 17.5 Å². The molecule has 166 valence electrons. The van der Waals surface area contributed by atoms with Crippen molar-refractivity contribution in [3.63, 3.8) is 0 Å². The van der Waals surface area contributed by atoms with Crippen LogP contribution in [0.4, 0.5) is 18.0 Å². The van der Waals surface area contributed by atoms with Crippen molar-refractivity contribution in [2.45, 2.75) is 24.9 Å². The minimum absolute atomic E-state index is 0.0678. The van der Waals surface area contributed by atoms with Gasteiger partial charge in [-0.2, -0.15) is 13.2 Å². The van der Waals surface area contributed by atoms with Crippen molar-refractivity contribution >= 4 is 6.03 Å². The Hall–Kier alpha value is -3.32. The Bertz CT molecular complexity index is 1040. The lowest BCUT2D eigenvalue weighted by Gasteiger charge is -2.41. The van der Waals surface area contributed by atoms with Crippen LogP contribution < -0.4 is 5.32 Å². The Morgan fingerprint density at radius 1 is 0.938 bits per heavy atom. The van der Waals surface area contributed by atoms with Crippen molar-refractivity contribution in [1.82, 2.24) is 10.2 Å². The van der Waals surface area contributed by atoms with E-state index >= 15 is 0 Å². The van der Waals surface area contributed by atoms with E-state index in [9.17, 15) is 18.0 Å². The number of hydrogen-bond donors (Lipinski definition) is 1. The average molecular weight is 440 g/mol. The van der Waals surface area contributed by atoms with Gasteiger partial charge >= 0.3 is 12.2 Å². The molecule has 1 fully saturated rings. The van der Waals surface area contributed by atoms with Gasteiger partial charge in [0, 0.05) is 6.54 Å². The van der Waals surface area contributed by atoms with Crippen molar-refractivity contribution in [3.8, 4) is 0 Å². The van der Waals surface area contributed by atoms with Gasteiger partial charge in [0.15, 0.2) is 0 Å². The maximum absolute atomic E-state index is 13.6. The van der Waals surface area contributed by atoms with E-state index in [-0.39, 0.29) is 17.7 Å². The number of hydrogen-bond acceptors (Lipinski definition) is 2. The molecule has 0 radical (unpaired) electrons. The molecular formula is C25H23F3N2O2. The molecule has 1 atom stereocenters. The van der Waals surface area contributed by atoms with E-state index in [2.05, 4.69) is 5.32 Å². The van der Waals surface area contributed by atoms with Gasteiger partial charge in [-0.1, -0.05) is 78.9 Å². The normalized spacial score (nSPS) is 15.2. The molecule has 1 aliphatic rings. The molecule has 2 amide bonds. The van der Waals surface area contributed by atoms with Crippen LogP contribution in [0, 0.1) is 0 Å². The van der Waals surface area contributed by atoms with Crippen LogP contribution in [0.15, 0.2) is 84.9 Å². The molecule has 3 aromatic rings. The van der Waals surface area contributed by atoms with Gasteiger partial charge < -0.3 is 15.0 Å². The number of nitrogens with zero attached hydrogens (tertiary/aromatic N) is 1. The summed E-state index contributed by atoms with van der Waals surface area (Å²) in [5, 5.41) is 2.85. The van der Waals surface area contributed by atoms with E-state index < -0.39 is 17.8 Å². The van der Waals surface area contributed by atoms with Crippen LogP contribution in [-0.4, -0.2) is 30.1 Å². The van der Waals surface area contributed by atoms with Gasteiger partial charge in [0.2, 0.25) is 0 Å². The minimum Gasteiger partial charge on any atom is -0.362 e. The molecule has 1 N–H and O–H groups in total. The van der Waals surface area contributed by atoms with Crippen molar-refractivity contribution in [2.24, 2.45) is 0 Å². The SMILES string of the molecule is O=C(NCc1ccccc1)N1CC(OC(c2ccccc2)c2ccccc2C(F)(F)F)C1. The number of alkyl halides is 3. The van der Waals surface area contributed by atoms with E-state index in [0.717, 1.165) is 11.6 Å². The third-order valence-corrected chi connectivity index (χ3v) is 5.40. The van der Waals surface area contributed by atoms with E-state index in [1.165, 1.54) is 12.1 Å². The van der Waals surface area contributed by atoms with E-state index in [0.29, 0.717) is 25.2 Å². The Morgan fingerprint density at radius 2 is 1.53 bits per heavy atom. The summed E-state index contributed by atoms with van der Waals surface area (Å²) in [6.07, 6.45) is -5.73. The summed E-state index contributed by atoms with van der Waals surface area (Å²) < 4.78 is 47.0. The highest BCUT2D eigenvalue weighted by Crippen LogP contribution is 2.39. The van der Waals surface area contributed by atoms with Crippen molar-refractivity contribution in [1.29, 1.82) is 0 Å². The summed E-state index contributed by atoms with van der Waals surface area (Å²) in [7, 11) is 0. The number of nitrogens with one attached hydrogen (secondary N) is 1. The molecule has 1 saturated heterocycles. The van der Waals surface area contributed by atoms with Crippen LogP contribution in [0.5, 0.6) is 0 Å². The highest BCUT2D eigenvalue weighted by Gasteiger charge is 2.38. The van der Waals surface area contributed by atoms with Gasteiger partial charge in [0.25, 0.3) is 0 Å². The lowest BCUT2D eigenvalue weighted by molar-refractivity contribution is -0.140. The molecule has 1 heterocycles. The molecule has 32 heavy (non-hydrogen) atoms. The van der Waals surface area contributed by atoms with Gasteiger partial charge in [0.1, 0.15) is 6.10 Å². The number of carbonyl (C=O) groups is 1. The van der Waals surface area contributed by atoms with Crippen molar-refractivity contribution in [3.05, 3.63) is 107 Å². The number of amides is 2. The van der Waals surface area contributed by atoms with Gasteiger partial charge in [-0.15, -0.1) is 0 Å². The third kappa shape index (κ3) is 5.11. The maximum Gasteiger partial charge on any atom is 0.416 e. The largest absolute Gasteiger partial charge is 0.416 e. The van der Waals surface area contributed by atoms with Crippen LogP contribution in [0.2, 0.25) is 0 Å². The van der Waals surface area contributed by atoms with Gasteiger partial charge in [-0.3, -0.25) is 0 Å². The molecule has 4 rings (SSSR count). The summed E-state index contributed by atoms with van der Waals surface area (Å²) in [5.74, 6) is 0. The predicted molar refractivity (Wildman–Crippen MR) is 115 cm³/mol. The molecule has 3 aromatic carbocycles. The lowest BCUT2D eigenvalue weighted by atomic mass is 9.95. The summed E-state index contributed by atoms with van der Waals surface area (Å²) in [6.45, 7) is 1.05. The quantitative estimate of drug-likeness (QED) is 0.557. The van der Waals surface area contributed by atoms with Crippen LogP contribution in [0.25, 0.3) is 0 Å². The first-order valence-corrected chi connectivity index (χ1v) is 10.3. The predicted octanol–water partition coefficient (Wildman–Crippen LogP) is 5.41. The summed E-state index contributed by atoms with van der Waals surface area (Å²) in [6, 6.07) is 23.6. The number of halogens is 3. The van der Waals surface area contributed by atoms with Crippen molar-refractivity contribution < 1.29 is 22.7 Å². The zero-order valence-electron chi connectivity index (χ0n) is 17.3. The Kier molecular flexibility index (Phi) is 6.46. The summed E-state index contributed by atoms with van der Waals surface area (Å²) in [4.78, 5) is 14.0. The summed E-state index contributed by atoms with van der Waals surface area (Å²) in [5.41, 5.74) is 0.974. The van der Waals surface area contributed by atoms with Gasteiger partial charge in [-0.25, -0.2) is 4.79 Å². The fourth-order valence-corrected chi connectivity index (χ4v) is 3.71. The molecule has 0 saturated carbocycles. The number of benzene rings is 3. The topological polar surface area (TPSA) is 41.6 Å². The van der Waals surface area contributed by atoms with E-state index in [1.54, 1.807) is 41.3 Å². The number of ether oxygens (including phenoxy) is 1. The second kappa shape index (κ2) is 9.44. The molecule has 4 nitrogen and oxygen atoms in total. The van der Waals surface area contributed by atoms with E-state index in [1.807, 2.05) is 30.3 Å². The van der Waals surface area contributed by atoms with Crippen LogP contribution in [0.1, 0.15) is 28.4 Å².